The van der Waals surface area contributed by atoms with Crippen molar-refractivity contribution in [2.45, 2.75) is 26.9 Å². The number of aliphatic hydroxyl groups excluding tert-OH is 1. The summed E-state index contributed by atoms with van der Waals surface area (Å²) in [5.74, 6) is -0.187. The second-order valence-electron chi connectivity index (χ2n) is 4.87. The summed E-state index contributed by atoms with van der Waals surface area (Å²) in [5, 5.41) is 13.5. The van der Waals surface area contributed by atoms with Crippen LogP contribution in [-0.4, -0.2) is 50.2 Å². The average molecular weight is 262 g/mol. The van der Waals surface area contributed by atoms with Crippen molar-refractivity contribution >= 4 is 11.6 Å². The Morgan fingerprint density at radius 3 is 2.84 bits per heavy atom. The Labute approximate surface area is 111 Å². The Kier molecular flexibility index (Phi) is 3.53. The van der Waals surface area contributed by atoms with Gasteiger partial charge in [-0.3, -0.25) is 4.79 Å². The first kappa shape index (κ1) is 13.5. The quantitative estimate of drug-likeness (QED) is 0.888. The molecule has 1 amide bonds. The summed E-state index contributed by atoms with van der Waals surface area (Å²) in [4.78, 5) is 18.1. The molecule has 0 aliphatic heterocycles. The van der Waals surface area contributed by atoms with Crippen LogP contribution in [0.2, 0.25) is 0 Å². The van der Waals surface area contributed by atoms with E-state index in [1.807, 2.05) is 19.9 Å². The Morgan fingerprint density at radius 1 is 1.53 bits per heavy atom. The maximum atomic E-state index is 12.3. The van der Waals surface area contributed by atoms with E-state index >= 15 is 0 Å². The minimum atomic E-state index is -0.563. The predicted octanol–water partition coefficient (Wildman–Crippen LogP) is 0.799. The van der Waals surface area contributed by atoms with E-state index in [1.54, 1.807) is 18.5 Å². The Bertz CT molecular complexity index is 618. The van der Waals surface area contributed by atoms with E-state index in [4.69, 9.17) is 0 Å². The van der Waals surface area contributed by atoms with Crippen molar-refractivity contribution in [2.75, 3.05) is 13.6 Å². The van der Waals surface area contributed by atoms with Gasteiger partial charge in [0.05, 0.1) is 12.3 Å². The van der Waals surface area contributed by atoms with Crippen LogP contribution in [0.4, 0.5) is 0 Å². The minimum absolute atomic E-state index is 0.187. The normalized spacial score (nSPS) is 12.7. The van der Waals surface area contributed by atoms with Crippen molar-refractivity contribution in [3.05, 3.63) is 29.2 Å². The van der Waals surface area contributed by atoms with Gasteiger partial charge in [0.15, 0.2) is 5.65 Å². The molecule has 0 aromatic carbocycles. The minimum Gasteiger partial charge on any atom is -0.392 e. The first-order chi connectivity index (χ1) is 8.90. The van der Waals surface area contributed by atoms with E-state index in [1.165, 1.54) is 11.1 Å². The molecule has 6 heteroatoms. The Hall–Kier alpha value is -1.95. The average Bonchev–Trinajstić information content (AvgIpc) is 2.70. The highest BCUT2D eigenvalue weighted by atomic mass is 16.3. The number of rotatable bonds is 3. The van der Waals surface area contributed by atoms with Crippen LogP contribution < -0.4 is 0 Å². The molecular weight excluding hydrogens is 244 g/mol. The van der Waals surface area contributed by atoms with Crippen molar-refractivity contribution in [1.82, 2.24) is 19.5 Å². The molecule has 1 atom stereocenters. The SMILES string of the molecule is Cc1cc(C)n2ncc(C(=O)N(C)CC(C)O)c2n1. The van der Waals surface area contributed by atoms with E-state index in [9.17, 15) is 9.90 Å². The highest BCUT2D eigenvalue weighted by Gasteiger charge is 2.19. The van der Waals surface area contributed by atoms with Gasteiger partial charge in [0, 0.05) is 25.0 Å². The third-order valence-electron chi connectivity index (χ3n) is 2.89. The first-order valence-corrected chi connectivity index (χ1v) is 6.15. The van der Waals surface area contributed by atoms with E-state index < -0.39 is 6.10 Å². The van der Waals surface area contributed by atoms with Gasteiger partial charge in [-0.15, -0.1) is 0 Å². The van der Waals surface area contributed by atoms with Crippen molar-refractivity contribution in [3.63, 3.8) is 0 Å². The van der Waals surface area contributed by atoms with Crippen molar-refractivity contribution in [3.8, 4) is 0 Å². The van der Waals surface area contributed by atoms with E-state index in [2.05, 4.69) is 10.1 Å². The Balaban J connectivity index is 2.43. The highest BCUT2D eigenvalue weighted by molar-refractivity contribution is 5.99. The molecule has 19 heavy (non-hydrogen) atoms. The van der Waals surface area contributed by atoms with Crippen LogP contribution in [0.15, 0.2) is 12.3 Å². The summed E-state index contributed by atoms with van der Waals surface area (Å²) in [6.07, 6.45) is 0.961. The summed E-state index contributed by atoms with van der Waals surface area (Å²) in [5.41, 5.74) is 2.78. The third-order valence-corrected chi connectivity index (χ3v) is 2.89. The molecule has 1 N–H and O–H groups in total. The molecule has 0 fully saturated rings. The van der Waals surface area contributed by atoms with Gasteiger partial charge in [-0.25, -0.2) is 9.50 Å². The molecule has 0 aliphatic rings. The molecule has 2 aromatic heterocycles. The molecule has 2 heterocycles. The largest absolute Gasteiger partial charge is 0.392 e. The molecular formula is C13H18N4O2. The molecule has 2 rings (SSSR count). The molecule has 0 aliphatic carbocycles. The molecule has 0 radical (unpaired) electrons. The highest BCUT2D eigenvalue weighted by Crippen LogP contribution is 2.13. The second kappa shape index (κ2) is 4.97. The zero-order valence-electron chi connectivity index (χ0n) is 11.6. The van der Waals surface area contributed by atoms with E-state index in [-0.39, 0.29) is 12.5 Å². The number of carbonyl (C=O) groups is 1. The van der Waals surface area contributed by atoms with Gasteiger partial charge >= 0.3 is 0 Å². The fourth-order valence-corrected chi connectivity index (χ4v) is 2.11. The van der Waals surface area contributed by atoms with Gasteiger partial charge in [0.1, 0.15) is 5.56 Å². The van der Waals surface area contributed by atoms with E-state index in [0.29, 0.717) is 11.2 Å². The summed E-state index contributed by atoms with van der Waals surface area (Å²) in [6.45, 7) is 5.73. The van der Waals surface area contributed by atoms with Crippen molar-refractivity contribution in [2.24, 2.45) is 0 Å². The van der Waals surface area contributed by atoms with Crippen LogP contribution in [0.25, 0.3) is 5.65 Å². The number of carbonyl (C=O) groups excluding carboxylic acids is 1. The second-order valence-corrected chi connectivity index (χ2v) is 4.87. The van der Waals surface area contributed by atoms with Crippen LogP contribution in [-0.2, 0) is 0 Å². The zero-order valence-corrected chi connectivity index (χ0v) is 11.6. The lowest BCUT2D eigenvalue weighted by Crippen LogP contribution is -2.33. The van der Waals surface area contributed by atoms with Gasteiger partial charge in [0.2, 0.25) is 0 Å². The van der Waals surface area contributed by atoms with Crippen LogP contribution in [0.3, 0.4) is 0 Å². The number of hydrogen-bond acceptors (Lipinski definition) is 4. The van der Waals surface area contributed by atoms with Gasteiger partial charge in [0.25, 0.3) is 5.91 Å². The zero-order chi connectivity index (χ0) is 14.2. The summed E-state index contributed by atoms with van der Waals surface area (Å²) < 4.78 is 1.65. The molecule has 0 spiro atoms. The summed E-state index contributed by atoms with van der Waals surface area (Å²) in [7, 11) is 1.65. The smallest absolute Gasteiger partial charge is 0.259 e. The Morgan fingerprint density at radius 2 is 2.21 bits per heavy atom. The summed E-state index contributed by atoms with van der Waals surface area (Å²) in [6, 6.07) is 1.91. The first-order valence-electron chi connectivity index (χ1n) is 6.15. The van der Waals surface area contributed by atoms with Gasteiger partial charge in [-0.1, -0.05) is 0 Å². The molecule has 0 saturated carbocycles. The maximum Gasteiger partial charge on any atom is 0.259 e. The van der Waals surface area contributed by atoms with Crippen LogP contribution >= 0.6 is 0 Å². The summed E-state index contributed by atoms with van der Waals surface area (Å²) >= 11 is 0. The van der Waals surface area contributed by atoms with Crippen molar-refractivity contribution < 1.29 is 9.90 Å². The topological polar surface area (TPSA) is 70.7 Å². The lowest BCUT2D eigenvalue weighted by Gasteiger charge is -2.17. The standard InChI is InChI=1S/C13H18N4O2/c1-8-5-9(2)17-12(15-8)11(6-14-17)13(19)16(4)7-10(3)18/h5-6,10,18H,7H2,1-4H3. The predicted molar refractivity (Wildman–Crippen MR) is 71.1 cm³/mol. The lowest BCUT2D eigenvalue weighted by atomic mass is 10.2. The molecule has 102 valence electrons. The van der Waals surface area contributed by atoms with Gasteiger partial charge in [-0.05, 0) is 26.8 Å². The van der Waals surface area contributed by atoms with Gasteiger partial charge in [-0.2, -0.15) is 5.10 Å². The fraction of sp³-hybridized carbons (Fsp3) is 0.462. The van der Waals surface area contributed by atoms with Crippen LogP contribution in [0.1, 0.15) is 28.7 Å². The molecule has 0 bridgehead atoms. The van der Waals surface area contributed by atoms with Crippen LogP contribution in [0.5, 0.6) is 0 Å². The molecule has 6 nitrogen and oxygen atoms in total. The number of nitrogens with zero attached hydrogens (tertiary/aromatic N) is 4. The number of aliphatic hydroxyl groups is 1. The molecule has 2 aromatic rings. The number of aryl methyl sites for hydroxylation is 2. The number of amides is 1. The number of likely N-dealkylation sites (N-methyl/N-ethyl adjacent to an activating group) is 1. The lowest BCUT2D eigenvalue weighted by molar-refractivity contribution is 0.0705. The molecule has 1 unspecified atom stereocenters. The van der Waals surface area contributed by atoms with Crippen LogP contribution in [0, 0.1) is 13.8 Å². The van der Waals surface area contributed by atoms with E-state index in [0.717, 1.165) is 11.4 Å². The maximum absolute atomic E-state index is 12.3. The van der Waals surface area contributed by atoms with Crippen molar-refractivity contribution in [1.29, 1.82) is 0 Å². The number of hydrogen-bond donors (Lipinski definition) is 1. The fourth-order valence-electron chi connectivity index (χ4n) is 2.11. The molecule has 0 saturated heterocycles. The van der Waals surface area contributed by atoms with Gasteiger partial charge < -0.3 is 10.0 Å². The monoisotopic (exact) mass is 262 g/mol. The number of aromatic nitrogens is 3. The third kappa shape index (κ3) is 2.58. The number of fused-ring (bicyclic) bond motifs is 1.